The summed E-state index contributed by atoms with van der Waals surface area (Å²) in [5, 5.41) is 10.8. The molecule has 24 heavy (non-hydrogen) atoms. The number of aryl methyl sites for hydroxylation is 1. The minimum absolute atomic E-state index is 0.187. The van der Waals surface area contributed by atoms with Crippen molar-refractivity contribution >= 4 is 43.8 Å². The number of amidine groups is 1. The van der Waals surface area contributed by atoms with Crippen LogP contribution in [-0.2, 0) is 3.07 Å². The second-order valence-corrected chi connectivity index (χ2v) is 6.23. The first kappa shape index (κ1) is 16.5. The van der Waals surface area contributed by atoms with Gasteiger partial charge in [0.2, 0.25) is 0 Å². The van der Waals surface area contributed by atoms with Crippen molar-refractivity contribution in [3.63, 3.8) is 0 Å². The Morgan fingerprint density at radius 1 is 1.42 bits per heavy atom. The van der Waals surface area contributed by atoms with Gasteiger partial charge in [-0.3, -0.25) is 5.10 Å². The summed E-state index contributed by atoms with van der Waals surface area (Å²) in [5.41, 5.74) is 9.76. The molecule has 0 unspecified atom stereocenters. The molecule has 0 saturated heterocycles. The molecule has 0 fully saturated rings. The highest BCUT2D eigenvalue weighted by molar-refractivity contribution is 14.1. The summed E-state index contributed by atoms with van der Waals surface area (Å²) in [6.07, 6.45) is 8.73. The summed E-state index contributed by atoms with van der Waals surface area (Å²) in [5.74, 6) is -0.0660. The summed E-state index contributed by atoms with van der Waals surface area (Å²) in [4.78, 5) is 0. The Morgan fingerprint density at radius 3 is 2.96 bits per heavy atom. The van der Waals surface area contributed by atoms with Crippen LogP contribution in [0.3, 0.4) is 0 Å². The molecule has 1 aromatic heterocycles. The molecule has 4 N–H and O–H groups in total. The number of fused-ring (bicyclic) bond motifs is 1. The van der Waals surface area contributed by atoms with Crippen LogP contribution in [0.15, 0.2) is 39.5 Å². The average Bonchev–Trinajstić information content (AvgIpc) is 3.03. The van der Waals surface area contributed by atoms with E-state index in [0.717, 1.165) is 16.5 Å². The number of aromatic amines is 1. The van der Waals surface area contributed by atoms with Gasteiger partial charge >= 0.3 is 0 Å². The van der Waals surface area contributed by atoms with Gasteiger partial charge in [0, 0.05) is 28.9 Å². The average molecular weight is 439 g/mol. The summed E-state index contributed by atoms with van der Waals surface area (Å²) >= 11 is -1.51. The molecule has 0 amide bonds. The molecule has 1 aromatic carbocycles. The van der Waals surface area contributed by atoms with Crippen molar-refractivity contribution in [2.24, 2.45) is 8.94 Å². The number of nitrogens with two attached hydrogens (primary N) is 1. The molecule has 0 bridgehead atoms. The molecule has 1 aliphatic heterocycles. The van der Waals surface area contributed by atoms with Crippen LogP contribution in [0.2, 0.25) is 0 Å². The first-order valence-corrected chi connectivity index (χ1v) is 8.96. The monoisotopic (exact) mass is 439 g/mol. The number of dihydropyridines is 1. The summed E-state index contributed by atoms with van der Waals surface area (Å²) in [7, 11) is 0. The molecular formula is C16H15FIN5O. The highest BCUT2D eigenvalue weighted by atomic mass is 127. The molecule has 0 spiro atoms. The van der Waals surface area contributed by atoms with Crippen molar-refractivity contribution in [1.29, 1.82) is 0 Å². The van der Waals surface area contributed by atoms with Crippen molar-refractivity contribution in [3.8, 4) is 0 Å². The summed E-state index contributed by atoms with van der Waals surface area (Å²) in [6, 6.07) is 0. The largest absolute Gasteiger partial charge is 0.383 e. The third kappa shape index (κ3) is 2.88. The van der Waals surface area contributed by atoms with E-state index in [9.17, 15) is 7.46 Å². The Kier molecular flexibility index (Phi) is 4.56. The Balaban J connectivity index is 2.19. The molecule has 0 atom stereocenters. The molecule has 6 nitrogen and oxygen atoms in total. The Morgan fingerprint density at radius 2 is 2.21 bits per heavy atom. The van der Waals surface area contributed by atoms with Crippen LogP contribution in [0.1, 0.15) is 16.7 Å². The number of aromatic nitrogens is 2. The number of rotatable bonds is 3. The van der Waals surface area contributed by atoms with E-state index in [1.165, 1.54) is 0 Å². The Bertz CT molecular complexity index is 955. The predicted octanol–water partition coefficient (Wildman–Crippen LogP) is 3.29. The Labute approximate surface area is 148 Å². The maximum Gasteiger partial charge on any atom is 0.297 e. The van der Waals surface area contributed by atoms with E-state index in [4.69, 9.17) is 5.73 Å². The van der Waals surface area contributed by atoms with Gasteiger partial charge in [-0.1, -0.05) is 0 Å². The summed E-state index contributed by atoms with van der Waals surface area (Å²) in [6.45, 7) is 3.48. The van der Waals surface area contributed by atoms with Crippen LogP contribution in [0.4, 0.5) is 4.39 Å². The van der Waals surface area contributed by atoms with Crippen molar-refractivity contribution < 1.29 is 7.46 Å². The van der Waals surface area contributed by atoms with Crippen molar-refractivity contribution in [2.45, 2.75) is 13.8 Å². The van der Waals surface area contributed by atoms with Gasteiger partial charge < -0.3 is 11.1 Å². The van der Waals surface area contributed by atoms with Crippen LogP contribution in [0.5, 0.6) is 0 Å². The quantitative estimate of drug-likeness (QED) is 0.389. The first-order valence-electron chi connectivity index (χ1n) is 7.11. The van der Waals surface area contributed by atoms with Crippen LogP contribution in [-0.4, -0.2) is 16.0 Å². The predicted molar refractivity (Wildman–Crippen MR) is 100 cm³/mol. The van der Waals surface area contributed by atoms with E-state index in [-0.39, 0.29) is 11.7 Å². The third-order valence-corrected chi connectivity index (χ3v) is 4.62. The topological polar surface area (TPSA) is 96.2 Å². The summed E-state index contributed by atoms with van der Waals surface area (Å²) < 4.78 is 28.9. The van der Waals surface area contributed by atoms with Gasteiger partial charge in [-0.2, -0.15) is 8.30 Å². The molecular weight excluding hydrogens is 424 g/mol. The number of nitrogens with one attached hydrogen (secondary N) is 2. The van der Waals surface area contributed by atoms with Gasteiger partial charge in [-0.25, -0.2) is 7.46 Å². The van der Waals surface area contributed by atoms with Gasteiger partial charge in [0.25, 0.3) is 21.5 Å². The first-order chi connectivity index (χ1) is 11.5. The smallest absolute Gasteiger partial charge is 0.297 e. The van der Waals surface area contributed by atoms with Gasteiger partial charge in [0.1, 0.15) is 11.7 Å². The number of halogens is 2. The fraction of sp³-hybridized carbons (Fsp3) is 0.125. The third-order valence-electron chi connectivity index (χ3n) is 3.87. The van der Waals surface area contributed by atoms with Crippen LogP contribution >= 0.6 is 21.5 Å². The lowest BCUT2D eigenvalue weighted by Crippen LogP contribution is -2.14. The van der Waals surface area contributed by atoms with Crippen LogP contribution < -0.4 is 11.1 Å². The zero-order valence-electron chi connectivity index (χ0n) is 13.0. The van der Waals surface area contributed by atoms with E-state index < -0.39 is 21.5 Å². The van der Waals surface area contributed by atoms with Crippen molar-refractivity contribution in [3.05, 3.63) is 58.8 Å². The number of benzene rings is 1. The van der Waals surface area contributed by atoms with Crippen molar-refractivity contribution in [2.75, 3.05) is 0 Å². The zero-order chi connectivity index (χ0) is 17.3. The molecule has 0 aliphatic carbocycles. The fourth-order valence-corrected chi connectivity index (χ4v) is 3.15. The number of allylic oxidation sites excluding steroid dienone is 3. The zero-order valence-corrected chi connectivity index (χ0v) is 15.2. The number of nitrogens with zero attached hydrogens (tertiary/aromatic N) is 2. The second-order valence-electron chi connectivity index (χ2n) is 5.35. The van der Waals surface area contributed by atoms with E-state index in [2.05, 4.69) is 18.7 Å². The van der Waals surface area contributed by atoms with E-state index >= 15 is 0 Å². The lowest BCUT2D eigenvalue weighted by molar-refractivity contribution is 0.611. The lowest BCUT2D eigenvalue weighted by atomic mass is 9.92. The lowest BCUT2D eigenvalue weighted by Gasteiger charge is -2.16. The van der Waals surface area contributed by atoms with Crippen LogP contribution in [0.25, 0.3) is 16.5 Å². The minimum atomic E-state index is -1.51. The minimum Gasteiger partial charge on any atom is -0.383 e. The number of hydrogen-bond donors (Lipinski definition) is 3. The number of hydrogen-bond acceptors (Lipinski definition) is 3. The van der Waals surface area contributed by atoms with Gasteiger partial charge in [-0.05, 0) is 42.7 Å². The van der Waals surface area contributed by atoms with Gasteiger partial charge in [0.15, 0.2) is 0 Å². The highest BCUT2D eigenvalue weighted by Gasteiger charge is 2.18. The second kappa shape index (κ2) is 6.63. The molecule has 0 saturated carbocycles. The van der Waals surface area contributed by atoms with E-state index in [0.29, 0.717) is 22.3 Å². The van der Waals surface area contributed by atoms with Gasteiger partial charge in [0.05, 0.1) is 11.7 Å². The van der Waals surface area contributed by atoms with Gasteiger partial charge in [-0.15, -0.1) is 0 Å². The van der Waals surface area contributed by atoms with Crippen molar-refractivity contribution in [1.82, 2.24) is 15.5 Å². The molecule has 3 rings (SSSR count). The molecule has 2 heterocycles. The molecule has 8 heteroatoms. The standard InChI is InChI=1S/C16H15FIN5O/c1-8-14(12-7-21-23-16(12)9(2)15(8)17)10-3-4-20-11(5-10)6-13(19)22-18-24/h3-7,20H,1-2H3,(H,21,23)(H2,19,22,24)/b11-6-. The maximum atomic E-state index is 14.6. The molecule has 124 valence electrons. The highest BCUT2D eigenvalue weighted by Crippen LogP contribution is 2.34. The maximum absolute atomic E-state index is 14.6. The van der Waals surface area contributed by atoms with E-state index in [1.807, 2.05) is 12.2 Å². The van der Waals surface area contributed by atoms with Crippen LogP contribution in [0, 0.1) is 19.7 Å². The Hall–Kier alpha value is -2.36. The number of H-pyrrole nitrogens is 1. The normalized spacial score (nSPS) is 16.5. The molecule has 2 aromatic rings. The van der Waals surface area contributed by atoms with E-state index in [1.54, 1.807) is 32.3 Å². The molecule has 0 radical (unpaired) electrons. The molecule has 1 aliphatic rings. The fourth-order valence-electron chi connectivity index (χ4n) is 2.78. The SMILES string of the molecule is Cc1c(F)c(C)c2[nH]ncc2c1C1=C/C(=C/C(N)=N/I=O)NC=C1.